The maximum Gasteiger partial charge on any atom is 0.253 e. The van der Waals surface area contributed by atoms with Gasteiger partial charge in [-0.3, -0.25) is 14.5 Å². The van der Waals surface area contributed by atoms with Crippen LogP contribution >= 0.6 is 0 Å². The molecule has 86 valence electrons. The SMILES string of the molecule is O=C1C=CCCN1C(=O)/C=C/c1ccccc1. The fourth-order valence-electron chi connectivity index (χ4n) is 1.63. The van der Waals surface area contributed by atoms with Crippen LogP contribution < -0.4 is 0 Å². The summed E-state index contributed by atoms with van der Waals surface area (Å²) in [6.07, 6.45) is 7.11. The zero-order valence-electron chi connectivity index (χ0n) is 9.37. The predicted octanol–water partition coefficient (Wildman–Crippen LogP) is 2.01. The number of amides is 2. The molecule has 1 aromatic rings. The van der Waals surface area contributed by atoms with E-state index >= 15 is 0 Å². The molecule has 0 atom stereocenters. The number of nitrogens with zero attached hydrogens (tertiary/aromatic N) is 1. The average Bonchev–Trinajstić information content (AvgIpc) is 2.38. The molecule has 0 N–H and O–H groups in total. The number of carbonyl (C=O) groups excluding carboxylic acids is 2. The van der Waals surface area contributed by atoms with Gasteiger partial charge in [0.25, 0.3) is 11.8 Å². The summed E-state index contributed by atoms with van der Waals surface area (Å²) in [5.41, 5.74) is 0.945. The number of imide groups is 1. The molecule has 0 unspecified atom stereocenters. The molecule has 0 bridgehead atoms. The van der Waals surface area contributed by atoms with Gasteiger partial charge >= 0.3 is 0 Å². The Hall–Kier alpha value is -2.16. The van der Waals surface area contributed by atoms with Gasteiger partial charge in [0.15, 0.2) is 0 Å². The maximum atomic E-state index is 11.8. The molecule has 1 heterocycles. The number of rotatable bonds is 2. The highest BCUT2D eigenvalue weighted by Gasteiger charge is 2.18. The maximum absolute atomic E-state index is 11.8. The van der Waals surface area contributed by atoms with Crippen LogP contribution in [-0.4, -0.2) is 23.3 Å². The van der Waals surface area contributed by atoms with Crippen molar-refractivity contribution in [2.75, 3.05) is 6.54 Å². The number of hydrogen-bond donors (Lipinski definition) is 0. The lowest BCUT2D eigenvalue weighted by Crippen LogP contribution is -2.37. The third kappa shape index (κ3) is 2.91. The van der Waals surface area contributed by atoms with Gasteiger partial charge in [-0.05, 0) is 24.1 Å². The monoisotopic (exact) mass is 227 g/mol. The van der Waals surface area contributed by atoms with Crippen LogP contribution in [-0.2, 0) is 9.59 Å². The van der Waals surface area contributed by atoms with E-state index in [1.54, 1.807) is 12.2 Å². The van der Waals surface area contributed by atoms with Crippen LogP contribution in [0.4, 0.5) is 0 Å². The largest absolute Gasteiger partial charge is 0.275 e. The smallest absolute Gasteiger partial charge is 0.253 e. The summed E-state index contributed by atoms with van der Waals surface area (Å²) in [4.78, 5) is 24.4. The summed E-state index contributed by atoms with van der Waals surface area (Å²) in [6.45, 7) is 0.466. The van der Waals surface area contributed by atoms with E-state index in [1.165, 1.54) is 17.1 Å². The molecule has 1 aliphatic rings. The normalized spacial score (nSPS) is 15.5. The molecule has 3 nitrogen and oxygen atoms in total. The Balaban J connectivity index is 2.04. The molecule has 0 saturated carbocycles. The van der Waals surface area contributed by atoms with Gasteiger partial charge in [0.05, 0.1) is 0 Å². The lowest BCUT2D eigenvalue weighted by Gasteiger charge is -2.19. The molecule has 0 fully saturated rings. The molecule has 1 aliphatic heterocycles. The quantitative estimate of drug-likeness (QED) is 0.725. The summed E-state index contributed by atoms with van der Waals surface area (Å²) in [5.74, 6) is -0.498. The van der Waals surface area contributed by atoms with Crippen LogP contribution in [0.2, 0.25) is 0 Å². The molecular formula is C14H13NO2. The highest BCUT2D eigenvalue weighted by molar-refractivity contribution is 6.06. The van der Waals surface area contributed by atoms with Gasteiger partial charge < -0.3 is 0 Å². The van der Waals surface area contributed by atoms with Crippen molar-refractivity contribution in [2.24, 2.45) is 0 Å². The van der Waals surface area contributed by atoms with Gasteiger partial charge in [-0.15, -0.1) is 0 Å². The number of carbonyl (C=O) groups is 2. The van der Waals surface area contributed by atoms with Crippen molar-refractivity contribution < 1.29 is 9.59 Å². The van der Waals surface area contributed by atoms with E-state index in [0.29, 0.717) is 6.54 Å². The minimum Gasteiger partial charge on any atom is -0.275 e. The molecule has 1 aromatic carbocycles. The Bertz CT molecular complexity index is 474. The third-order valence-corrected chi connectivity index (χ3v) is 2.53. The second-order valence-electron chi connectivity index (χ2n) is 3.76. The summed E-state index contributed by atoms with van der Waals surface area (Å²) >= 11 is 0. The standard InChI is InChI=1S/C14H13NO2/c16-13-8-4-5-11-15(13)14(17)10-9-12-6-2-1-3-7-12/h1-4,6-10H,5,11H2/b10-9+. The molecule has 0 saturated heterocycles. The van der Waals surface area contributed by atoms with Gasteiger partial charge in [0, 0.05) is 12.6 Å². The lowest BCUT2D eigenvalue weighted by molar-refractivity contribution is -0.139. The van der Waals surface area contributed by atoms with E-state index in [9.17, 15) is 9.59 Å². The fourth-order valence-corrected chi connectivity index (χ4v) is 1.63. The predicted molar refractivity (Wildman–Crippen MR) is 66.0 cm³/mol. The van der Waals surface area contributed by atoms with Crippen molar-refractivity contribution in [1.82, 2.24) is 4.90 Å². The van der Waals surface area contributed by atoms with E-state index in [1.807, 2.05) is 30.3 Å². The van der Waals surface area contributed by atoms with Crippen LogP contribution in [0.25, 0.3) is 6.08 Å². The Morgan fingerprint density at radius 2 is 2.00 bits per heavy atom. The molecule has 17 heavy (non-hydrogen) atoms. The summed E-state index contributed by atoms with van der Waals surface area (Å²) in [7, 11) is 0. The number of hydrogen-bond acceptors (Lipinski definition) is 2. The minimum atomic E-state index is -0.261. The molecular weight excluding hydrogens is 214 g/mol. The summed E-state index contributed by atoms with van der Waals surface area (Å²) in [6, 6.07) is 9.53. The first kappa shape index (κ1) is 11.3. The Morgan fingerprint density at radius 3 is 2.71 bits per heavy atom. The van der Waals surface area contributed by atoms with E-state index in [0.717, 1.165) is 12.0 Å². The first-order valence-corrected chi connectivity index (χ1v) is 5.52. The van der Waals surface area contributed by atoms with E-state index in [4.69, 9.17) is 0 Å². The molecule has 0 spiro atoms. The van der Waals surface area contributed by atoms with Gasteiger partial charge in [-0.25, -0.2) is 0 Å². The minimum absolute atomic E-state index is 0.237. The molecule has 0 radical (unpaired) electrons. The number of benzene rings is 1. The zero-order chi connectivity index (χ0) is 12.1. The topological polar surface area (TPSA) is 37.4 Å². The van der Waals surface area contributed by atoms with Crippen molar-refractivity contribution in [3.8, 4) is 0 Å². The highest BCUT2D eigenvalue weighted by atomic mass is 16.2. The second-order valence-corrected chi connectivity index (χ2v) is 3.76. The molecule has 3 heteroatoms. The van der Waals surface area contributed by atoms with Crippen LogP contribution in [0.1, 0.15) is 12.0 Å². The van der Waals surface area contributed by atoms with Gasteiger partial charge in [-0.2, -0.15) is 0 Å². The van der Waals surface area contributed by atoms with E-state index in [-0.39, 0.29) is 11.8 Å². The summed E-state index contributed by atoms with van der Waals surface area (Å²) in [5, 5.41) is 0. The Kier molecular flexibility index (Phi) is 3.50. The van der Waals surface area contributed by atoms with Crippen molar-refractivity contribution in [3.63, 3.8) is 0 Å². The van der Waals surface area contributed by atoms with Crippen molar-refractivity contribution in [3.05, 3.63) is 54.1 Å². The van der Waals surface area contributed by atoms with Gasteiger partial charge in [-0.1, -0.05) is 36.4 Å². The van der Waals surface area contributed by atoms with Crippen molar-refractivity contribution >= 4 is 17.9 Å². The highest BCUT2D eigenvalue weighted by Crippen LogP contribution is 2.06. The summed E-state index contributed by atoms with van der Waals surface area (Å²) < 4.78 is 0. The lowest BCUT2D eigenvalue weighted by atomic mass is 10.2. The van der Waals surface area contributed by atoms with Crippen LogP contribution in [0.3, 0.4) is 0 Å². The van der Waals surface area contributed by atoms with Gasteiger partial charge in [0.1, 0.15) is 0 Å². The zero-order valence-corrected chi connectivity index (χ0v) is 9.37. The van der Waals surface area contributed by atoms with Crippen LogP contribution in [0, 0.1) is 0 Å². The van der Waals surface area contributed by atoms with Crippen molar-refractivity contribution in [2.45, 2.75) is 6.42 Å². The van der Waals surface area contributed by atoms with Crippen LogP contribution in [0.5, 0.6) is 0 Å². The van der Waals surface area contributed by atoms with Gasteiger partial charge in [0.2, 0.25) is 0 Å². The second kappa shape index (κ2) is 5.25. The first-order chi connectivity index (χ1) is 8.27. The Labute approximate surface area is 100 Å². The van der Waals surface area contributed by atoms with Crippen molar-refractivity contribution in [1.29, 1.82) is 0 Å². The van der Waals surface area contributed by atoms with E-state index < -0.39 is 0 Å². The Morgan fingerprint density at radius 1 is 1.24 bits per heavy atom. The fraction of sp³-hybridized carbons (Fsp3) is 0.143. The first-order valence-electron chi connectivity index (χ1n) is 5.52. The molecule has 2 rings (SSSR count). The molecule has 0 aromatic heterocycles. The molecule has 0 aliphatic carbocycles. The van der Waals surface area contributed by atoms with Crippen LogP contribution in [0.15, 0.2) is 48.6 Å². The third-order valence-electron chi connectivity index (χ3n) is 2.53. The molecule has 2 amide bonds. The average molecular weight is 227 g/mol. The van der Waals surface area contributed by atoms with E-state index in [2.05, 4.69) is 0 Å².